The fourth-order valence-corrected chi connectivity index (χ4v) is 1.06. The van der Waals surface area contributed by atoms with Gasteiger partial charge in [0.2, 0.25) is 0 Å². The minimum atomic E-state index is 1.03. The highest BCUT2D eigenvalue weighted by Gasteiger charge is 1.96. The molecule has 0 radical (unpaired) electrons. The summed E-state index contributed by atoms with van der Waals surface area (Å²) in [7, 11) is 0. The van der Waals surface area contributed by atoms with Crippen LogP contribution < -0.4 is 0 Å². The van der Waals surface area contributed by atoms with Gasteiger partial charge in [-0.2, -0.15) is 0 Å². The summed E-state index contributed by atoms with van der Waals surface area (Å²) in [5, 5.41) is 0. The summed E-state index contributed by atoms with van der Waals surface area (Å²) in [4.78, 5) is 4.15. The lowest BCUT2D eigenvalue weighted by Gasteiger charge is -2.00. The van der Waals surface area contributed by atoms with E-state index in [2.05, 4.69) is 23.4 Å². The van der Waals surface area contributed by atoms with E-state index in [0.29, 0.717) is 0 Å². The van der Waals surface area contributed by atoms with Crippen molar-refractivity contribution >= 4 is 0 Å². The maximum Gasteiger partial charge on any atom is 0.105 e. The maximum absolute atomic E-state index is 4.15. The summed E-state index contributed by atoms with van der Waals surface area (Å²) in [6, 6.07) is 0. The Morgan fingerprint density at radius 3 is 1.35 bits per heavy atom. The molecule has 2 nitrogen and oxygen atoms in total. The summed E-state index contributed by atoms with van der Waals surface area (Å²) in [6.45, 7) is 23.2. The zero-order valence-electron chi connectivity index (χ0n) is 14.2. The molecule has 0 fully saturated rings. The van der Waals surface area contributed by atoms with Gasteiger partial charge in [0.05, 0.1) is 0 Å². The average molecular weight is 244 g/mol. The molecular weight excluding hydrogens is 208 g/mol. The van der Waals surface area contributed by atoms with Crippen LogP contribution in [0.3, 0.4) is 0 Å². The van der Waals surface area contributed by atoms with Gasteiger partial charge in [-0.25, -0.2) is 4.98 Å². The number of aryl methyl sites for hydroxylation is 2. The molecule has 0 aliphatic carbocycles. The van der Waals surface area contributed by atoms with Gasteiger partial charge in [-0.3, -0.25) is 0 Å². The van der Waals surface area contributed by atoms with Gasteiger partial charge in [-0.1, -0.05) is 55.4 Å². The van der Waals surface area contributed by atoms with E-state index in [-0.39, 0.29) is 0 Å². The average Bonchev–Trinajstić information content (AvgIpc) is 2.78. The normalized spacial score (nSPS) is 6.76. The molecule has 106 valence electrons. The molecule has 17 heavy (non-hydrogen) atoms. The van der Waals surface area contributed by atoms with E-state index in [1.807, 2.05) is 68.5 Å². The molecule has 0 aliphatic rings. The summed E-state index contributed by atoms with van der Waals surface area (Å²) >= 11 is 0. The van der Waals surface area contributed by atoms with Crippen LogP contribution in [0.5, 0.6) is 0 Å². The van der Waals surface area contributed by atoms with Gasteiger partial charge in [0.25, 0.3) is 0 Å². The predicted octanol–water partition coefficient (Wildman–Crippen LogP) is 5.62. The number of hydrogen-bond acceptors (Lipinski definition) is 1. The van der Waals surface area contributed by atoms with Crippen LogP contribution in [0.4, 0.5) is 0 Å². The third kappa shape index (κ3) is 13.1. The number of rotatable bonds is 1. The molecule has 0 saturated carbocycles. The summed E-state index contributed by atoms with van der Waals surface area (Å²) in [5.41, 5.74) is 1.25. The molecule has 0 spiro atoms. The van der Waals surface area contributed by atoms with Crippen LogP contribution in [-0.4, -0.2) is 9.55 Å². The zero-order chi connectivity index (χ0) is 14.9. The van der Waals surface area contributed by atoms with Crippen molar-refractivity contribution in [3.63, 3.8) is 0 Å². The van der Waals surface area contributed by atoms with E-state index >= 15 is 0 Å². The second kappa shape index (κ2) is 24.4. The lowest BCUT2D eigenvalue weighted by atomic mass is 10.5. The van der Waals surface area contributed by atoms with Gasteiger partial charge < -0.3 is 4.57 Å². The van der Waals surface area contributed by atoms with Crippen molar-refractivity contribution in [3.8, 4) is 0 Å². The Labute approximate surface area is 110 Å². The van der Waals surface area contributed by atoms with Crippen molar-refractivity contribution in [2.75, 3.05) is 0 Å². The van der Waals surface area contributed by atoms with E-state index in [1.165, 1.54) is 5.69 Å². The monoisotopic (exact) mass is 244 g/mol. The smallest absolute Gasteiger partial charge is 0.105 e. The third-order valence-electron chi connectivity index (χ3n) is 1.57. The number of hydrogen-bond donors (Lipinski definition) is 0. The minimum absolute atomic E-state index is 1.03. The Morgan fingerprint density at radius 1 is 0.882 bits per heavy atom. The molecule has 1 aromatic rings. The zero-order valence-corrected chi connectivity index (χ0v) is 14.2. The molecule has 0 atom stereocenters. The number of aromatic nitrogens is 2. The van der Waals surface area contributed by atoms with Gasteiger partial charge in [0, 0.05) is 18.4 Å². The van der Waals surface area contributed by atoms with E-state index in [0.717, 1.165) is 12.4 Å². The molecule has 0 N–H and O–H groups in total. The second-order valence-electron chi connectivity index (χ2n) is 2.19. The molecule has 0 saturated heterocycles. The second-order valence-corrected chi connectivity index (χ2v) is 2.19. The summed E-state index contributed by atoms with van der Waals surface area (Å²) < 4.78 is 2.18. The third-order valence-corrected chi connectivity index (χ3v) is 1.57. The Morgan fingerprint density at radius 2 is 1.24 bits per heavy atom. The van der Waals surface area contributed by atoms with Crippen molar-refractivity contribution in [2.45, 2.75) is 82.7 Å². The summed E-state index contributed by atoms with van der Waals surface area (Å²) in [5.74, 6) is 1.11. The summed E-state index contributed by atoms with van der Waals surface area (Å²) in [6.07, 6.45) is 1.90. The van der Waals surface area contributed by atoms with Crippen LogP contribution in [0, 0.1) is 13.8 Å². The van der Waals surface area contributed by atoms with Crippen molar-refractivity contribution in [2.24, 2.45) is 0 Å². The van der Waals surface area contributed by atoms with E-state index in [9.17, 15) is 0 Å². The highest BCUT2D eigenvalue weighted by atomic mass is 15.1. The first-order valence-electron chi connectivity index (χ1n) is 7.24. The van der Waals surface area contributed by atoms with E-state index in [1.54, 1.807) is 0 Å². The van der Waals surface area contributed by atoms with Crippen LogP contribution in [0.2, 0.25) is 0 Å². The molecule has 1 rings (SSSR count). The first-order chi connectivity index (χ1) is 8.25. The molecule has 1 aromatic heterocycles. The quantitative estimate of drug-likeness (QED) is 0.626. The highest BCUT2D eigenvalue weighted by Crippen LogP contribution is 2.00. The fourth-order valence-electron chi connectivity index (χ4n) is 1.06. The fraction of sp³-hybridized carbons (Fsp3) is 0.800. The van der Waals surface area contributed by atoms with Gasteiger partial charge in [-0.15, -0.1) is 0 Å². The molecular formula is C15H36N2. The largest absolute Gasteiger partial charge is 0.333 e. The number of imidazole rings is 1. The van der Waals surface area contributed by atoms with Gasteiger partial charge in [-0.05, 0) is 20.8 Å². The van der Waals surface area contributed by atoms with Crippen LogP contribution in [0.1, 0.15) is 73.8 Å². The predicted molar refractivity (Wildman–Crippen MR) is 82.8 cm³/mol. The Hall–Kier alpha value is -0.790. The van der Waals surface area contributed by atoms with Crippen LogP contribution in [-0.2, 0) is 6.54 Å². The van der Waals surface area contributed by atoms with Crippen molar-refractivity contribution in [1.82, 2.24) is 9.55 Å². The van der Waals surface area contributed by atoms with Crippen LogP contribution >= 0.6 is 0 Å². The topological polar surface area (TPSA) is 17.8 Å². The van der Waals surface area contributed by atoms with Crippen LogP contribution in [0.25, 0.3) is 0 Å². The molecule has 0 bridgehead atoms. The minimum Gasteiger partial charge on any atom is -0.333 e. The van der Waals surface area contributed by atoms with Crippen molar-refractivity contribution in [1.29, 1.82) is 0 Å². The Bertz CT molecular complexity index is 183. The molecule has 2 heteroatoms. The van der Waals surface area contributed by atoms with E-state index in [4.69, 9.17) is 0 Å². The molecule has 0 aromatic carbocycles. The Balaban J connectivity index is -0.0000000905. The lowest BCUT2D eigenvalue weighted by Crippen LogP contribution is -1.98. The van der Waals surface area contributed by atoms with Gasteiger partial charge in [0.1, 0.15) is 5.82 Å². The lowest BCUT2D eigenvalue weighted by molar-refractivity contribution is 0.709. The SMILES string of the molecule is CC.CC.CC.CC.CCn1c(C)cnc1C. The first-order valence-corrected chi connectivity index (χ1v) is 7.24. The van der Waals surface area contributed by atoms with Gasteiger partial charge >= 0.3 is 0 Å². The standard InChI is InChI=1S/C7H12N2.4C2H6/c1-4-9-6(2)5-8-7(9)3;4*1-2/h5H,4H2,1-3H3;4*1-2H3. The molecule has 0 unspecified atom stereocenters. The van der Waals surface area contributed by atoms with Crippen molar-refractivity contribution in [3.05, 3.63) is 17.7 Å². The molecule has 1 heterocycles. The van der Waals surface area contributed by atoms with Crippen molar-refractivity contribution < 1.29 is 0 Å². The molecule has 0 aliphatic heterocycles. The molecule has 0 amide bonds. The first kappa shape index (κ1) is 25.2. The van der Waals surface area contributed by atoms with E-state index < -0.39 is 0 Å². The van der Waals surface area contributed by atoms with Crippen LogP contribution in [0.15, 0.2) is 6.20 Å². The Kier molecular flexibility index (Phi) is 36.2. The highest BCUT2D eigenvalue weighted by molar-refractivity contribution is 5.00. The van der Waals surface area contributed by atoms with Gasteiger partial charge in [0.15, 0.2) is 0 Å². The number of nitrogens with zero attached hydrogens (tertiary/aromatic N) is 2. The maximum atomic E-state index is 4.15.